The Hall–Kier alpha value is -1.72. The number of benzene rings is 1. The number of amides is 1. The second-order valence-corrected chi connectivity index (χ2v) is 12.3. The molecule has 1 aromatic carbocycles. The van der Waals surface area contributed by atoms with Crippen LogP contribution in [0.1, 0.15) is 36.8 Å². The average molecular weight is 523 g/mol. The van der Waals surface area contributed by atoms with Crippen LogP contribution in [0.3, 0.4) is 0 Å². The van der Waals surface area contributed by atoms with Crippen LogP contribution in [0.5, 0.6) is 5.75 Å². The second-order valence-electron chi connectivity index (χ2n) is 10.5. The highest BCUT2D eigenvalue weighted by Gasteiger charge is 2.34. The Morgan fingerprint density at radius 3 is 2.61 bits per heavy atom. The summed E-state index contributed by atoms with van der Waals surface area (Å²) in [4.78, 5) is 20.0. The summed E-state index contributed by atoms with van der Waals surface area (Å²) in [6.45, 7) is 7.07. The number of methoxy groups -OCH3 is 1. The molecule has 202 valence electrons. The van der Waals surface area contributed by atoms with E-state index in [4.69, 9.17) is 9.47 Å². The quantitative estimate of drug-likeness (QED) is 0.480. The molecule has 2 heterocycles. The lowest BCUT2D eigenvalue weighted by Crippen LogP contribution is -2.48. The molecule has 3 aliphatic rings. The van der Waals surface area contributed by atoms with Gasteiger partial charge in [0.1, 0.15) is 12.4 Å². The van der Waals surface area contributed by atoms with Gasteiger partial charge in [0.05, 0.1) is 18.6 Å². The number of carbonyl (C=O) groups is 1. The first-order chi connectivity index (χ1) is 17.2. The summed E-state index contributed by atoms with van der Waals surface area (Å²) in [6, 6.07) is 4.39. The molecule has 1 amide bonds. The van der Waals surface area contributed by atoms with Crippen LogP contribution in [-0.2, 0) is 26.0 Å². The summed E-state index contributed by atoms with van der Waals surface area (Å²) in [5.41, 5.74) is 1.50. The zero-order chi connectivity index (χ0) is 25.9. The topological polar surface area (TPSA) is 82.6 Å². The fraction of sp³-hybridized carbons (Fsp3) is 0.731. The van der Waals surface area contributed by atoms with Gasteiger partial charge in [-0.05, 0) is 69.3 Å². The van der Waals surface area contributed by atoms with Gasteiger partial charge in [0.15, 0.2) is 0 Å². The highest BCUT2D eigenvalue weighted by molar-refractivity contribution is 7.89. The molecule has 0 unspecified atom stereocenters. The number of piperazine rings is 1. The summed E-state index contributed by atoms with van der Waals surface area (Å²) in [5.74, 6) is 0.643. The molecule has 1 aromatic rings. The summed E-state index contributed by atoms with van der Waals surface area (Å²) in [6.07, 6.45) is 4.59. The molecule has 0 radical (unpaired) electrons. The van der Waals surface area contributed by atoms with Gasteiger partial charge in [-0.2, -0.15) is 4.31 Å². The Morgan fingerprint density at radius 1 is 1.14 bits per heavy atom. The largest absolute Gasteiger partial charge is 0.497 e. The standard InChI is InChI=1S/C26H42N4O5S/c1-20-16-24(34-4)17-21-6-5-9-30(36(32,33)26(20)21)14-15-35-19-25(31)28(3)22-7-8-23(18-22)29-12-10-27(2)11-13-29/h16-17,22-23H,5-15,18-19H2,1-4H3/t22-,23+/m0/s1. The van der Waals surface area contributed by atoms with Crippen LogP contribution in [0.15, 0.2) is 17.0 Å². The van der Waals surface area contributed by atoms with Crippen molar-refractivity contribution in [1.82, 2.24) is 19.0 Å². The summed E-state index contributed by atoms with van der Waals surface area (Å²) in [5, 5.41) is 0. The average Bonchev–Trinajstić information content (AvgIpc) is 3.30. The van der Waals surface area contributed by atoms with Crippen molar-refractivity contribution in [2.24, 2.45) is 0 Å². The van der Waals surface area contributed by atoms with E-state index in [0.29, 0.717) is 35.2 Å². The molecular formula is C26H42N4O5S. The number of fused-ring (bicyclic) bond motifs is 1. The Bertz CT molecular complexity index is 1030. The van der Waals surface area contributed by atoms with Gasteiger partial charge in [-0.3, -0.25) is 9.69 Å². The minimum Gasteiger partial charge on any atom is -0.497 e. The Labute approximate surface area is 216 Å². The lowest BCUT2D eigenvalue weighted by molar-refractivity contribution is -0.136. The van der Waals surface area contributed by atoms with Gasteiger partial charge < -0.3 is 19.3 Å². The first-order valence-electron chi connectivity index (χ1n) is 13.1. The second kappa shape index (κ2) is 11.8. The van der Waals surface area contributed by atoms with Crippen molar-refractivity contribution in [2.75, 3.05) is 73.7 Å². The van der Waals surface area contributed by atoms with Gasteiger partial charge in [-0.15, -0.1) is 0 Å². The van der Waals surface area contributed by atoms with E-state index in [2.05, 4.69) is 16.8 Å². The third-order valence-corrected chi connectivity index (χ3v) is 10.2. The highest BCUT2D eigenvalue weighted by atomic mass is 32.2. The molecule has 4 rings (SSSR count). The van der Waals surface area contributed by atoms with Crippen molar-refractivity contribution >= 4 is 15.9 Å². The van der Waals surface area contributed by atoms with E-state index in [1.54, 1.807) is 13.2 Å². The predicted octanol–water partition coefficient (Wildman–Crippen LogP) is 1.58. The minimum absolute atomic E-state index is 0.0210. The SMILES string of the molecule is COc1cc(C)c2c(c1)CCCN(CCOCC(=O)N(C)[C@H]1CC[C@@H](N3CCN(C)CC3)C1)S2(=O)=O. The summed E-state index contributed by atoms with van der Waals surface area (Å²) >= 11 is 0. The number of carbonyl (C=O) groups excluding carboxylic acids is 1. The van der Waals surface area contributed by atoms with Crippen molar-refractivity contribution in [1.29, 1.82) is 0 Å². The lowest BCUT2D eigenvalue weighted by atomic mass is 10.1. The highest BCUT2D eigenvalue weighted by Crippen LogP contribution is 2.32. The van der Waals surface area contributed by atoms with E-state index < -0.39 is 10.0 Å². The monoisotopic (exact) mass is 522 g/mol. The molecule has 36 heavy (non-hydrogen) atoms. The van der Waals surface area contributed by atoms with E-state index >= 15 is 0 Å². The molecule has 1 aliphatic carbocycles. The Balaban J connectivity index is 1.25. The van der Waals surface area contributed by atoms with Crippen molar-refractivity contribution in [3.8, 4) is 5.75 Å². The van der Waals surface area contributed by atoms with Crippen LogP contribution >= 0.6 is 0 Å². The maximum absolute atomic E-state index is 13.4. The van der Waals surface area contributed by atoms with Crippen LogP contribution in [0, 0.1) is 6.92 Å². The third kappa shape index (κ3) is 6.05. The number of ether oxygens (including phenoxy) is 2. The van der Waals surface area contributed by atoms with Gasteiger partial charge in [0.25, 0.3) is 0 Å². The van der Waals surface area contributed by atoms with Crippen molar-refractivity contribution in [3.05, 3.63) is 23.3 Å². The molecule has 9 nitrogen and oxygen atoms in total. The molecule has 0 spiro atoms. The van der Waals surface area contributed by atoms with E-state index in [-0.39, 0.29) is 31.7 Å². The van der Waals surface area contributed by atoms with Crippen molar-refractivity contribution < 1.29 is 22.7 Å². The normalized spacial score (nSPS) is 25.3. The van der Waals surface area contributed by atoms with E-state index in [9.17, 15) is 13.2 Å². The fourth-order valence-electron chi connectivity index (χ4n) is 5.85. The zero-order valence-electron chi connectivity index (χ0n) is 22.2. The molecule has 0 N–H and O–H groups in total. The summed E-state index contributed by atoms with van der Waals surface area (Å²) in [7, 11) is 2.00. The molecule has 1 saturated heterocycles. The van der Waals surface area contributed by atoms with Crippen molar-refractivity contribution in [2.45, 2.75) is 56.0 Å². The molecule has 0 bridgehead atoms. The first kappa shape index (κ1) is 27.3. The maximum atomic E-state index is 13.4. The molecule has 1 saturated carbocycles. The number of hydrogen-bond donors (Lipinski definition) is 0. The Kier molecular flexibility index (Phi) is 8.93. The van der Waals surface area contributed by atoms with E-state index in [0.717, 1.165) is 57.4 Å². The first-order valence-corrected chi connectivity index (χ1v) is 14.6. The van der Waals surface area contributed by atoms with Crippen LogP contribution in [0.4, 0.5) is 0 Å². The third-order valence-electron chi connectivity index (χ3n) is 8.10. The number of hydrogen-bond acceptors (Lipinski definition) is 7. The molecule has 2 aliphatic heterocycles. The van der Waals surface area contributed by atoms with Gasteiger partial charge in [-0.25, -0.2) is 8.42 Å². The number of sulfonamides is 1. The molecular weight excluding hydrogens is 480 g/mol. The lowest BCUT2D eigenvalue weighted by Gasteiger charge is -2.36. The van der Waals surface area contributed by atoms with Crippen LogP contribution in [0.25, 0.3) is 0 Å². The van der Waals surface area contributed by atoms with Gasteiger partial charge in [0.2, 0.25) is 15.9 Å². The van der Waals surface area contributed by atoms with E-state index in [1.165, 1.54) is 4.31 Å². The number of likely N-dealkylation sites (N-methyl/N-ethyl adjacent to an activating group) is 2. The fourth-order valence-corrected chi connectivity index (χ4v) is 7.75. The zero-order valence-corrected chi connectivity index (χ0v) is 23.1. The van der Waals surface area contributed by atoms with Gasteiger partial charge in [-0.1, -0.05) is 0 Å². The number of rotatable bonds is 8. The molecule has 2 atom stereocenters. The molecule has 10 heteroatoms. The number of aryl methyl sites for hydroxylation is 2. The van der Waals surface area contributed by atoms with Crippen LogP contribution in [0.2, 0.25) is 0 Å². The van der Waals surface area contributed by atoms with Crippen molar-refractivity contribution in [3.63, 3.8) is 0 Å². The number of nitrogens with zero attached hydrogens (tertiary/aromatic N) is 4. The summed E-state index contributed by atoms with van der Waals surface area (Å²) < 4.78 is 39.3. The predicted molar refractivity (Wildman–Crippen MR) is 139 cm³/mol. The maximum Gasteiger partial charge on any atom is 0.248 e. The molecule has 0 aromatic heterocycles. The molecule has 2 fully saturated rings. The van der Waals surface area contributed by atoms with Gasteiger partial charge in [0, 0.05) is 58.4 Å². The van der Waals surface area contributed by atoms with Crippen LogP contribution < -0.4 is 4.74 Å². The Morgan fingerprint density at radius 2 is 1.89 bits per heavy atom. The van der Waals surface area contributed by atoms with Crippen LogP contribution in [-0.4, -0.2) is 119 Å². The smallest absolute Gasteiger partial charge is 0.248 e. The van der Waals surface area contributed by atoms with Gasteiger partial charge >= 0.3 is 0 Å². The van der Waals surface area contributed by atoms with E-state index in [1.807, 2.05) is 24.9 Å². The minimum atomic E-state index is -3.63.